The van der Waals surface area contributed by atoms with Gasteiger partial charge in [0.1, 0.15) is 5.75 Å². The number of phenolic OH excluding ortho intramolecular Hbond substituents is 1. The van der Waals surface area contributed by atoms with E-state index in [2.05, 4.69) is 0 Å². The second-order valence-electron chi connectivity index (χ2n) is 4.34. The van der Waals surface area contributed by atoms with Crippen LogP contribution in [0.25, 0.3) is 0 Å². The van der Waals surface area contributed by atoms with Crippen LogP contribution in [-0.4, -0.2) is 22.4 Å². The van der Waals surface area contributed by atoms with Gasteiger partial charge in [0.15, 0.2) is 0 Å². The summed E-state index contributed by atoms with van der Waals surface area (Å²) in [5, 5.41) is 18.5. The van der Waals surface area contributed by atoms with Crippen molar-refractivity contribution in [1.29, 1.82) is 0 Å². The van der Waals surface area contributed by atoms with Crippen molar-refractivity contribution in [3.63, 3.8) is 0 Å². The molecule has 0 aliphatic heterocycles. The first-order chi connectivity index (χ1) is 7.36. The summed E-state index contributed by atoms with van der Waals surface area (Å²) in [6.45, 7) is 3.71. The fourth-order valence-electron chi connectivity index (χ4n) is 1.59. The van der Waals surface area contributed by atoms with Gasteiger partial charge in [0, 0.05) is 10.3 Å². The zero-order valence-electron chi connectivity index (χ0n) is 9.65. The van der Waals surface area contributed by atoms with Crippen LogP contribution < -0.4 is 0 Å². The van der Waals surface area contributed by atoms with Gasteiger partial charge in [-0.3, -0.25) is 4.79 Å². The molecule has 4 heteroatoms. The van der Waals surface area contributed by atoms with Gasteiger partial charge < -0.3 is 10.2 Å². The predicted molar refractivity (Wildman–Crippen MR) is 65.2 cm³/mol. The zero-order valence-corrected chi connectivity index (χ0v) is 10.5. The molecule has 0 fully saturated rings. The SMILES string of the molecule is CSc1ccc(C(C)(C)CC(=O)O)cc1O. The lowest BCUT2D eigenvalue weighted by Gasteiger charge is -2.23. The van der Waals surface area contributed by atoms with E-state index in [1.807, 2.05) is 32.2 Å². The normalized spacial score (nSPS) is 11.4. The molecule has 1 aromatic rings. The molecule has 0 radical (unpaired) electrons. The number of carboxylic acid groups (broad SMARTS) is 1. The Morgan fingerprint density at radius 1 is 1.44 bits per heavy atom. The van der Waals surface area contributed by atoms with Crippen molar-refractivity contribution < 1.29 is 15.0 Å². The summed E-state index contributed by atoms with van der Waals surface area (Å²) in [5.74, 6) is -0.623. The van der Waals surface area contributed by atoms with Crippen LogP contribution in [0.15, 0.2) is 23.1 Å². The minimum atomic E-state index is -0.835. The minimum Gasteiger partial charge on any atom is -0.507 e. The molecule has 3 nitrogen and oxygen atoms in total. The number of aliphatic carboxylic acids is 1. The molecule has 1 rings (SSSR count). The molecule has 16 heavy (non-hydrogen) atoms. The number of thioether (sulfide) groups is 1. The lowest BCUT2D eigenvalue weighted by molar-refractivity contribution is -0.138. The Hall–Kier alpha value is -1.16. The minimum absolute atomic E-state index is 0.0467. The molecule has 0 atom stereocenters. The quantitative estimate of drug-likeness (QED) is 0.794. The number of carbonyl (C=O) groups is 1. The fraction of sp³-hybridized carbons (Fsp3) is 0.417. The van der Waals surface area contributed by atoms with Gasteiger partial charge >= 0.3 is 5.97 Å². The van der Waals surface area contributed by atoms with E-state index >= 15 is 0 Å². The second kappa shape index (κ2) is 4.78. The highest BCUT2D eigenvalue weighted by atomic mass is 32.2. The largest absolute Gasteiger partial charge is 0.507 e. The van der Waals surface area contributed by atoms with Crippen LogP contribution in [0.5, 0.6) is 5.75 Å². The number of hydrogen-bond acceptors (Lipinski definition) is 3. The molecule has 0 bridgehead atoms. The van der Waals surface area contributed by atoms with E-state index in [9.17, 15) is 9.90 Å². The Morgan fingerprint density at radius 2 is 2.06 bits per heavy atom. The van der Waals surface area contributed by atoms with Crippen molar-refractivity contribution in [2.75, 3.05) is 6.26 Å². The molecule has 0 saturated carbocycles. The van der Waals surface area contributed by atoms with Crippen LogP contribution in [0.4, 0.5) is 0 Å². The highest BCUT2D eigenvalue weighted by Gasteiger charge is 2.24. The maximum absolute atomic E-state index is 10.7. The summed E-state index contributed by atoms with van der Waals surface area (Å²) in [4.78, 5) is 11.5. The molecule has 0 aliphatic rings. The van der Waals surface area contributed by atoms with Crippen molar-refractivity contribution in [3.05, 3.63) is 23.8 Å². The van der Waals surface area contributed by atoms with Crippen molar-refractivity contribution in [1.82, 2.24) is 0 Å². The molecule has 2 N–H and O–H groups in total. The van der Waals surface area contributed by atoms with E-state index in [0.29, 0.717) is 0 Å². The average molecular weight is 240 g/mol. The molecule has 0 saturated heterocycles. The molecule has 1 aromatic carbocycles. The number of carboxylic acids is 1. The van der Waals surface area contributed by atoms with E-state index < -0.39 is 11.4 Å². The lowest BCUT2D eigenvalue weighted by atomic mass is 9.81. The van der Waals surface area contributed by atoms with E-state index in [1.165, 1.54) is 11.8 Å². The first-order valence-corrected chi connectivity index (χ1v) is 6.18. The third-order valence-electron chi connectivity index (χ3n) is 2.55. The topological polar surface area (TPSA) is 57.5 Å². The van der Waals surface area contributed by atoms with Gasteiger partial charge in [-0.25, -0.2) is 0 Å². The van der Waals surface area contributed by atoms with Crippen molar-refractivity contribution >= 4 is 17.7 Å². The summed E-state index contributed by atoms with van der Waals surface area (Å²) in [6, 6.07) is 5.34. The van der Waals surface area contributed by atoms with E-state index in [0.717, 1.165) is 10.5 Å². The smallest absolute Gasteiger partial charge is 0.304 e. The summed E-state index contributed by atoms with van der Waals surface area (Å²) in [7, 11) is 0. The van der Waals surface area contributed by atoms with Crippen LogP contribution in [-0.2, 0) is 10.2 Å². The standard InChI is InChI=1S/C12H16O3S/c1-12(2,7-11(14)15)8-4-5-10(16-3)9(13)6-8/h4-6,13H,7H2,1-3H3,(H,14,15). The van der Waals surface area contributed by atoms with Crippen LogP contribution in [0.1, 0.15) is 25.8 Å². The van der Waals surface area contributed by atoms with Gasteiger partial charge in [-0.1, -0.05) is 19.9 Å². The summed E-state index contributed by atoms with van der Waals surface area (Å²) >= 11 is 1.46. The second-order valence-corrected chi connectivity index (χ2v) is 5.19. The Labute approximate surface area is 99.5 Å². The Bertz CT molecular complexity index is 399. The first-order valence-electron chi connectivity index (χ1n) is 4.96. The molecule has 0 aromatic heterocycles. The molecule has 0 spiro atoms. The number of rotatable bonds is 4. The zero-order chi connectivity index (χ0) is 12.3. The summed E-state index contributed by atoms with van der Waals surface area (Å²) in [5.41, 5.74) is 0.366. The number of aromatic hydroxyl groups is 1. The summed E-state index contributed by atoms with van der Waals surface area (Å²) in [6.07, 6.45) is 1.93. The lowest BCUT2D eigenvalue weighted by Crippen LogP contribution is -2.21. The van der Waals surface area contributed by atoms with Crippen LogP contribution in [0, 0.1) is 0 Å². The van der Waals surface area contributed by atoms with Crippen LogP contribution in [0.2, 0.25) is 0 Å². The molecule has 0 aliphatic carbocycles. The van der Waals surface area contributed by atoms with Gasteiger partial charge in [0.2, 0.25) is 0 Å². The Kier molecular flexibility index (Phi) is 3.86. The fourth-order valence-corrected chi connectivity index (χ4v) is 2.06. The first kappa shape index (κ1) is 12.9. The number of benzene rings is 1. The molecule has 0 unspecified atom stereocenters. The Morgan fingerprint density at radius 3 is 2.50 bits per heavy atom. The van der Waals surface area contributed by atoms with Gasteiger partial charge in [0.25, 0.3) is 0 Å². The molecule has 0 heterocycles. The number of phenols is 1. The van der Waals surface area contributed by atoms with Crippen LogP contribution in [0.3, 0.4) is 0 Å². The third-order valence-corrected chi connectivity index (χ3v) is 3.34. The van der Waals surface area contributed by atoms with E-state index in [4.69, 9.17) is 5.11 Å². The molecule has 0 amide bonds. The van der Waals surface area contributed by atoms with E-state index in [-0.39, 0.29) is 12.2 Å². The van der Waals surface area contributed by atoms with Crippen molar-refractivity contribution in [2.24, 2.45) is 0 Å². The number of hydrogen-bond donors (Lipinski definition) is 2. The molecule has 88 valence electrons. The third kappa shape index (κ3) is 2.92. The van der Waals surface area contributed by atoms with Gasteiger partial charge in [0.05, 0.1) is 6.42 Å². The van der Waals surface area contributed by atoms with Crippen molar-refractivity contribution in [2.45, 2.75) is 30.6 Å². The highest BCUT2D eigenvalue weighted by Crippen LogP contribution is 2.34. The van der Waals surface area contributed by atoms with Gasteiger partial charge in [-0.15, -0.1) is 11.8 Å². The maximum Gasteiger partial charge on any atom is 0.304 e. The van der Waals surface area contributed by atoms with Gasteiger partial charge in [-0.2, -0.15) is 0 Å². The monoisotopic (exact) mass is 240 g/mol. The Balaban J connectivity index is 3.04. The molecular weight excluding hydrogens is 224 g/mol. The summed E-state index contributed by atoms with van der Waals surface area (Å²) < 4.78 is 0. The highest BCUT2D eigenvalue weighted by molar-refractivity contribution is 7.98. The average Bonchev–Trinajstić information content (AvgIpc) is 2.15. The van der Waals surface area contributed by atoms with Gasteiger partial charge in [-0.05, 0) is 24.0 Å². The van der Waals surface area contributed by atoms with E-state index in [1.54, 1.807) is 6.07 Å². The molecular formula is C12H16O3S. The van der Waals surface area contributed by atoms with Crippen LogP contribution >= 0.6 is 11.8 Å². The maximum atomic E-state index is 10.7. The predicted octanol–water partition coefficient (Wildman–Crippen LogP) is 2.87. The van der Waals surface area contributed by atoms with Crippen molar-refractivity contribution in [3.8, 4) is 5.75 Å².